The Hall–Kier alpha value is -2.21. The molecule has 3 aromatic rings. The van der Waals surface area contributed by atoms with Crippen LogP contribution < -0.4 is 5.32 Å². The van der Waals surface area contributed by atoms with Crippen molar-refractivity contribution in [3.63, 3.8) is 0 Å². The molecule has 1 saturated heterocycles. The maximum Gasteiger partial charge on any atom is 0.225 e. The van der Waals surface area contributed by atoms with Crippen molar-refractivity contribution in [2.24, 2.45) is 0 Å². The molecule has 28 heavy (non-hydrogen) atoms. The van der Waals surface area contributed by atoms with Gasteiger partial charge in [-0.15, -0.1) is 11.3 Å². The summed E-state index contributed by atoms with van der Waals surface area (Å²) in [5.41, 5.74) is 0.882. The number of benzene rings is 2. The first-order valence-corrected chi connectivity index (χ1v) is 10.8. The standard InChI is InChI=1S/C23H26N2O2S/c26-23(24-22-11-3-7-18-6-1-2-10-21(18)22)12-13-25(16-19-8-4-14-27-19)17-20-9-5-15-28-20/h1-3,5-7,9-11,15,19H,4,8,12-14,16-17H2,(H,24,26). The lowest BCUT2D eigenvalue weighted by molar-refractivity contribution is -0.116. The molecule has 5 heteroatoms. The number of fused-ring (bicyclic) bond motifs is 1. The van der Waals surface area contributed by atoms with Gasteiger partial charge in [-0.1, -0.05) is 42.5 Å². The van der Waals surface area contributed by atoms with Crippen LogP contribution in [0.3, 0.4) is 0 Å². The van der Waals surface area contributed by atoms with Crippen LogP contribution in [0.1, 0.15) is 24.1 Å². The van der Waals surface area contributed by atoms with Gasteiger partial charge >= 0.3 is 0 Å². The van der Waals surface area contributed by atoms with Gasteiger partial charge in [0.25, 0.3) is 0 Å². The molecule has 1 amide bonds. The molecular weight excluding hydrogens is 368 g/mol. The van der Waals surface area contributed by atoms with E-state index in [1.807, 2.05) is 30.3 Å². The quantitative estimate of drug-likeness (QED) is 0.590. The molecule has 1 aromatic heterocycles. The number of amides is 1. The molecule has 1 unspecified atom stereocenters. The minimum Gasteiger partial charge on any atom is -0.377 e. The number of ether oxygens (including phenoxy) is 1. The van der Waals surface area contributed by atoms with E-state index in [9.17, 15) is 4.79 Å². The Labute approximate surface area is 170 Å². The third kappa shape index (κ3) is 4.98. The second-order valence-electron chi connectivity index (χ2n) is 7.27. The van der Waals surface area contributed by atoms with Crippen molar-refractivity contribution in [2.45, 2.75) is 31.9 Å². The number of nitrogens with zero attached hydrogens (tertiary/aromatic N) is 1. The van der Waals surface area contributed by atoms with Gasteiger partial charge in [-0.05, 0) is 35.7 Å². The van der Waals surface area contributed by atoms with E-state index in [1.165, 1.54) is 4.88 Å². The average Bonchev–Trinajstić information content (AvgIpc) is 3.41. The lowest BCUT2D eigenvalue weighted by Crippen LogP contribution is -2.34. The predicted octanol–water partition coefficient (Wildman–Crippen LogP) is 4.91. The first-order chi connectivity index (χ1) is 13.8. The molecule has 2 heterocycles. The Balaban J connectivity index is 1.37. The van der Waals surface area contributed by atoms with Gasteiger partial charge in [-0.25, -0.2) is 0 Å². The van der Waals surface area contributed by atoms with Crippen LogP contribution in [0.5, 0.6) is 0 Å². The van der Waals surface area contributed by atoms with E-state index in [-0.39, 0.29) is 5.91 Å². The van der Waals surface area contributed by atoms with E-state index in [2.05, 4.69) is 39.9 Å². The van der Waals surface area contributed by atoms with E-state index in [1.54, 1.807) is 11.3 Å². The van der Waals surface area contributed by atoms with Crippen molar-refractivity contribution in [3.8, 4) is 0 Å². The summed E-state index contributed by atoms with van der Waals surface area (Å²) in [6.45, 7) is 3.35. The van der Waals surface area contributed by atoms with Gasteiger partial charge in [0, 0.05) is 48.6 Å². The van der Waals surface area contributed by atoms with Crippen LogP contribution in [0, 0.1) is 0 Å². The maximum absolute atomic E-state index is 12.6. The van der Waals surface area contributed by atoms with Crippen LogP contribution in [0.25, 0.3) is 10.8 Å². The summed E-state index contributed by atoms with van der Waals surface area (Å²) in [5, 5.41) is 7.42. The van der Waals surface area contributed by atoms with E-state index in [0.29, 0.717) is 12.5 Å². The van der Waals surface area contributed by atoms with Crippen LogP contribution in [0.2, 0.25) is 0 Å². The Morgan fingerprint density at radius 1 is 1.14 bits per heavy atom. The van der Waals surface area contributed by atoms with Crippen molar-refractivity contribution in [2.75, 3.05) is 25.0 Å². The Kier molecular flexibility index (Phi) is 6.37. The highest BCUT2D eigenvalue weighted by atomic mass is 32.1. The highest BCUT2D eigenvalue weighted by Crippen LogP contribution is 2.23. The van der Waals surface area contributed by atoms with E-state index in [0.717, 1.165) is 55.5 Å². The van der Waals surface area contributed by atoms with Crippen LogP contribution in [-0.2, 0) is 16.1 Å². The minimum absolute atomic E-state index is 0.0554. The summed E-state index contributed by atoms with van der Waals surface area (Å²) in [5.74, 6) is 0.0554. The fourth-order valence-corrected chi connectivity index (χ4v) is 4.49. The molecule has 0 bridgehead atoms. The zero-order valence-electron chi connectivity index (χ0n) is 16.0. The zero-order valence-corrected chi connectivity index (χ0v) is 16.8. The molecule has 2 aromatic carbocycles. The predicted molar refractivity (Wildman–Crippen MR) is 116 cm³/mol. The second-order valence-corrected chi connectivity index (χ2v) is 8.31. The number of anilines is 1. The van der Waals surface area contributed by atoms with Crippen LogP contribution in [0.4, 0.5) is 5.69 Å². The summed E-state index contributed by atoms with van der Waals surface area (Å²) in [6.07, 6.45) is 3.02. The third-order valence-electron chi connectivity index (χ3n) is 5.16. The van der Waals surface area contributed by atoms with Gasteiger partial charge in [-0.2, -0.15) is 0 Å². The van der Waals surface area contributed by atoms with Crippen molar-refractivity contribution in [3.05, 3.63) is 64.9 Å². The number of nitrogens with one attached hydrogen (secondary N) is 1. The van der Waals surface area contributed by atoms with Crippen LogP contribution in [-0.4, -0.2) is 36.6 Å². The summed E-state index contributed by atoms with van der Waals surface area (Å²) in [7, 11) is 0. The first-order valence-electron chi connectivity index (χ1n) is 9.92. The first kappa shape index (κ1) is 19.1. The van der Waals surface area contributed by atoms with Gasteiger partial charge in [-0.3, -0.25) is 9.69 Å². The van der Waals surface area contributed by atoms with Crippen molar-refractivity contribution >= 4 is 33.7 Å². The molecule has 1 aliphatic rings. The minimum atomic E-state index is 0.0554. The topological polar surface area (TPSA) is 41.6 Å². The number of hydrogen-bond donors (Lipinski definition) is 1. The second kappa shape index (κ2) is 9.32. The van der Waals surface area contributed by atoms with Gasteiger partial charge in [0.15, 0.2) is 0 Å². The molecule has 4 nitrogen and oxygen atoms in total. The number of hydrogen-bond acceptors (Lipinski definition) is 4. The monoisotopic (exact) mass is 394 g/mol. The molecule has 0 aliphatic carbocycles. The summed E-state index contributed by atoms with van der Waals surface area (Å²) in [4.78, 5) is 16.3. The molecule has 4 rings (SSSR count). The molecule has 1 N–H and O–H groups in total. The summed E-state index contributed by atoms with van der Waals surface area (Å²) in [6, 6.07) is 18.4. The Bertz CT molecular complexity index is 899. The molecule has 1 aliphatic heterocycles. The summed E-state index contributed by atoms with van der Waals surface area (Å²) >= 11 is 1.76. The molecule has 0 spiro atoms. The maximum atomic E-state index is 12.6. The van der Waals surface area contributed by atoms with Crippen LogP contribution in [0.15, 0.2) is 60.0 Å². The highest BCUT2D eigenvalue weighted by molar-refractivity contribution is 7.09. The lowest BCUT2D eigenvalue weighted by atomic mass is 10.1. The Morgan fingerprint density at radius 3 is 2.86 bits per heavy atom. The number of thiophene rings is 1. The van der Waals surface area contributed by atoms with E-state index >= 15 is 0 Å². The lowest BCUT2D eigenvalue weighted by Gasteiger charge is -2.24. The van der Waals surface area contributed by atoms with Gasteiger partial charge in [0.05, 0.1) is 6.10 Å². The van der Waals surface area contributed by atoms with E-state index < -0.39 is 0 Å². The smallest absolute Gasteiger partial charge is 0.225 e. The molecule has 146 valence electrons. The fourth-order valence-electron chi connectivity index (χ4n) is 3.74. The average molecular weight is 395 g/mol. The Morgan fingerprint density at radius 2 is 2.04 bits per heavy atom. The molecular formula is C23H26N2O2S. The van der Waals surface area contributed by atoms with Gasteiger partial charge < -0.3 is 10.1 Å². The fraction of sp³-hybridized carbons (Fsp3) is 0.348. The molecule has 0 radical (unpaired) electrons. The van der Waals surface area contributed by atoms with E-state index in [4.69, 9.17) is 4.74 Å². The SMILES string of the molecule is O=C(CCN(Cc1cccs1)CC1CCCO1)Nc1cccc2ccccc12. The van der Waals surface area contributed by atoms with Crippen molar-refractivity contribution < 1.29 is 9.53 Å². The molecule has 0 saturated carbocycles. The third-order valence-corrected chi connectivity index (χ3v) is 6.03. The molecule has 1 fully saturated rings. The number of carbonyl (C=O) groups is 1. The normalized spacial score (nSPS) is 16.7. The van der Waals surface area contributed by atoms with Gasteiger partial charge in [0.1, 0.15) is 0 Å². The van der Waals surface area contributed by atoms with Crippen molar-refractivity contribution in [1.82, 2.24) is 4.90 Å². The van der Waals surface area contributed by atoms with Crippen LogP contribution >= 0.6 is 11.3 Å². The van der Waals surface area contributed by atoms with Gasteiger partial charge in [0.2, 0.25) is 5.91 Å². The largest absolute Gasteiger partial charge is 0.377 e. The summed E-state index contributed by atoms with van der Waals surface area (Å²) < 4.78 is 5.81. The number of carbonyl (C=O) groups excluding carboxylic acids is 1. The number of rotatable bonds is 8. The highest BCUT2D eigenvalue weighted by Gasteiger charge is 2.20. The zero-order chi connectivity index (χ0) is 19.2. The van der Waals surface area contributed by atoms with Crippen molar-refractivity contribution in [1.29, 1.82) is 0 Å². The molecule has 1 atom stereocenters.